The van der Waals surface area contributed by atoms with Crippen LogP contribution in [0.1, 0.15) is 52.3 Å². The maximum Gasteiger partial charge on any atom is 0.129 e. The Bertz CT molecular complexity index is 346. The lowest BCUT2D eigenvalue weighted by Crippen LogP contribution is -2.48. The van der Waals surface area contributed by atoms with Crippen LogP contribution in [0.4, 0.5) is 0 Å². The highest BCUT2D eigenvalue weighted by Gasteiger charge is 2.39. The predicted molar refractivity (Wildman–Crippen MR) is 70.9 cm³/mol. The molecule has 3 nitrogen and oxygen atoms in total. The second-order valence-corrected chi connectivity index (χ2v) is 5.40. The van der Waals surface area contributed by atoms with Crippen molar-refractivity contribution in [3.05, 3.63) is 18.2 Å². The highest BCUT2D eigenvalue weighted by atomic mass is 15.1. The van der Waals surface area contributed by atoms with Crippen molar-refractivity contribution >= 4 is 0 Å². The number of hydrogen-bond donors (Lipinski definition) is 1. The fourth-order valence-corrected chi connectivity index (χ4v) is 3.00. The molecule has 2 heterocycles. The van der Waals surface area contributed by atoms with Crippen molar-refractivity contribution in [1.29, 1.82) is 0 Å². The molecule has 1 N–H and O–H groups in total. The Hall–Kier alpha value is -0.830. The molecule has 2 rings (SSSR count). The molecule has 1 aromatic heterocycles. The van der Waals surface area contributed by atoms with Crippen molar-refractivity contribution in [2.45, 2.75) is 58.5 Å². The van der Waals surface area contributed by atoms with Crippen LogP contribution in [-0.4, -0.2) is 16.1 Å². The third kappa shape index (κ3) is 2.25. The van der Waals surface area contributed by atoms with E-state index in [2.05, 4.69) is 41.8 Å². The van der Waals surface area contributed by atoms with E-state index in [1.807, 2.05) is 6.20 Å². The summed E-state index contributed by atoms with van der Waals surface area (Å²) in [5.74, 6) is 1.81. The lowest BCUT2D eigenvalue weighted by Gasteiger charge is -2.37. The minimum atomic E-state index is 0.0794. The van der Waals surface area contributed by atoms with E-state index in [0.29, 0.717) is 5.92 Å². The lowest BCUT2D eigenvalue weighted by molar-refractivity contribution is 0.209. The third-order valence-corrected chi connectivity index (χ3v) is 4.13. The Morgan fingerprint density at radius 3 is 2.94 bits per heavy atom. The number of rotatable bonds is 3. The minimum absolute atomic E-state index is 0.0794. The topological polar surface area (TPSA) is 29.9 Å². The zero-order chi connectivity index (χ0) is 12.3. The molecular weight excluding hydrogens is 210 g/mol. The van der Waals surface area contributed by atoms with Crippen molar-refractivity contribution in [3.8, 4) is 0 Å². The largest absolute Gasteiger partial charge is 0.334 e. The minimum Gasteiger partial charge on any atom is -0.334 e. The maximum absolute atomic E-state index is 4.65. The molecule has 0 spiro atoms. The molecule has 0 aliphatic carbocycles. The van der Waals surface area contributed by atoms with Gasteiger partial charge in [-0.3, -0.25) is 0 Å². The zero-order valence-electron chi connectivity index (χ0n) is 11.4. The summed E-state index contributed by atoms with van der Waals surface area (Å²) < 4.78 is 2.29. The molecule has 17 heavy (non-hydrogen) atoms. The Kier molecular flexibility index (Phi) is 3.87. The van der Waals surface area contributed by atoms with Gasteiger partial charge >= 0.3 is 0 Å². The third-order valence-electron chi connectivity index (χ3n) is 4.13. The Labute approximate surface area is 105 Å². The van der Waals surface area contributed by atoms with E-state index in [1.165, 1.54) is 31.5 Å². The quantitative estimate of drug-likeness (QED) is 0.873. The molecule has 1 fully saturated rings. The molecule has 1 aliphatic rings. The van der Waals surface area contributed by atoms with Gasteiger partial charge < -0.3 is 9.88 Å². The molecule has 96 valence electrons. The molecule has 0 bridgehead atoms. The summed E-state index contributed by atoms with van der Waals surface area (Å²) in [6, 6.07) is 0. The van der Waals surface area contributed by atoms with Crippen LogP contribution in [0, 0.1) is 5.92 Å². The van der Waals surface area contributed by atoms with Gasteiger partial charge in [-0.05, 0) is 32.2 Å². The predicted octanol–water partition coefficient (Wildman–Crippen LogP) is 2.92. The van der Waals surface area contributed by atoms with Crippen molar-refractivity contribution in [2.24, 2.45) is 5.92 Å². The molecule has 1 unspecified atom stereocenters. The molecular formula is C14H25N3. The summed E-state index contributed by atoms with van der Waals surface area (Å²) in [5.41, 5.74) is 0.0794. The van der Waals surface area contributed by atoms with Gasteiger partial charge in [-0.1, -0.05) is 26.7 Å². The summed E-state index contributed by atoms with van der Waals surface area (Å²) in [4.78, 5) is 4.65. The summed E-state index contributed by atoms with van der Waals surface area (Å²) in [6.07, 6.45) is 9.20. The van der Waals surface area contributed by atoms with E-state index in [0.717, 1.165) is 13.1 Å². The number of nitrogens with zero attached hydrogens (tertiary/aromatic N) is 2. The normalized spacial score (nSPS) is 26.1. The first kappa shape index (κ1) is 12.6. The van der Waals surface area contributed by atoms with Crippen LogP contribution in [-0.2, 0) is 12.1 Å². The van der Waals surface area contributed by atoms with Gasteiger partial charge in [-0.2, -0.15) is 0 Å². The van der Waals surface area contributed by atoms with E-state index in [-0.39, 0.29) is 5.54 Å². The van der Waals surface area contributed by atoms with Crippen LogP contribution >= 0.6 is 0 Å². The highest BCUT2D eigenvalue weighted by molar-refractivity contribution is 5.11. The number of aromatic nitrogens is 2. The zero-order valence-corrected chi connectivity index (χ0v) is 11.4. The van der Waals surface area contributed by atoms with E-state index in [4.69, 9.17) is 0 Å². The molecule has 1 aliphatic heterocycles. The molecule has 0 radical (unpaired) electrons. The van der Waals surface area contributed by atoms with E-state index in [9.17, 15) is 0 Å². The van der Waals surface area contributed by atoms with E-state index >= 15 is 0 Å². The first-order valence-electron chi connectivity index (χ1n) is 6.97. The van der Waals surface area contributed by atoms with Crippen LogP contribution in [0.3, 0.4) is 0 Å². The average Bonchev–Trinajstić information content (AvgIpc) is 2.66. The average molecular weight is 235 g/mol. The molecule has 1 atom stereocenters. The van der Waals surface area contributed by atoms with Gasteiger partial charge in [0.15, 0.2) is 0 Å². The summed E-state index contributed by atoms with van der Waals surface area (Å²) >= 11 is 0. The van der Waals surface area contributed by atoms with Gasteiger partial charge in [-0.15, -0.1) is 0 Å². The van der Waals surface area contributed by atoms with Crippen molar-refractivity contribution in [2.75, 3.05) is 6.54 Å². The van der Waals surface area contributed by atoms with Crippen molar-refractivity contribution in [3.63, 3.8) is 0 Å². The second-order valence-electron chi connectivity index (χ2n) is 5.40. The van der Waals surface area contributed by atoms with Crippen molar-refractivity contribution in [1.82, 2.24) is 14.9 Å². The van der Waals surface area contributed by atoms with Crippen LogP contribution in [0.25, 0.3) is 0 Å². The lowest BCUT2D eigenvalue weighted by atomic mass is 9.81. The standard InChI is InChI=1S/C14H25N3/c1-4-17-11-10-15-13(17)14(12(2)3)8-6-5-7-9-16-14/h10-12,16H,4-9H2,1-3H3. The number of aryl methyl sites for hydroxylation is 1. The highest BCUT2D eigenvalue weighted by Crippen LogP contribution is 2.35. The second kappa shape index (κ2) is 5.21. The van der Waals surface area contributed by atoms with E-state index in [1.54, 1.807) is 0 Å². The SMILES string of the molecule is CCn1ccnc1C1(C(C)C)CCCCCN1. The first-order valence-corrected chi connectivity index (χ1v) is 6.97. The van der Waals surface area contributed by atoms with Gasteiger partial charge in [0.05, 0.1) is 5.54 Å². The molecule has 0 amide bonds. The summed E-state index contributed by atoms with van der Waals surface area (Å²) in [7, 11) is 0. The summed E-state index contributed by atoms with van der Waals surface area (Å²) in [5, 5.41) is 3.79. The van der Waals surface area contributed by atoms with Gasteiger partial charge in [-0.25, -0.2) is 4.98 Å². The first-order chi connectivity index (χ1) is 8.20. The van der Waals surface area contributed by atoms with Gasteiger partial charge in [0.1, 0.15) is 5.82 Å². The fourth-order valence-electron chi connectivity index (χ4n) is 3.00. The Morgan fingerprint density at radius 1 is 1.41 bits per heavy atom. The van der Waals surface area contributed by atoms with E-state index < -0.39 is 0 Å². The molecule has 1 saturated heterocycles. The van der Waals surface area contributed by atoms with Gasteiger partial charge in [0.2, 0.25) is 0 Å². The number of hydrogen-bond acceptors (Lipinski definition) is 2. The molecule has 1 aromatic rings. The Morgan fingerprint density at radius 2 is 2.24 bits per heavy atom. The maximum atomic E-state index is 4.65. The number of imidazole rings is 1. The summed E-state index contributed by atoms with van der Waals surface area (Å²) in [6.45, 7) is 8.94. The van der Waals surface area contributed by atoms with Crippen molar-refractivity contribution < 1.29 is 0 Å². The van der Waals surface area contributed by atoms with Crippen LogP contribution < -0.4 is 5.32 Å². The molecule has 0 saturated carbocycles. The smallest absolute Gasteiger partial charge is 0.129 e. The number of nitrogens with one attached hydrogen (secondary N) is 1. The van der Waals surface area contributed by atoms with Crippen LogP contribution in [0.15, 0.2) is 12.4 Å². The van der Waals surface area contributed by atoms with Gasteiger partial charge in [0.25, 0.3) is 0 Å². The Balaban J connectivity index is 2.39. The fraction of sp³-hybridized carbons (Fsp3) is 0.786. The molecule has 0 aromatic carbocycles. The monoisotopic (exact) mass is 235 g/mol. The van der Waals surface area contributed by atoms with Crippen LogP contribution in [0.5, 0.6) is 0 Å². The van der Waals surface area contributed by atoms with Gasteiger partial charge in [0, 0.05) is 18.9 Å². The molecule has 3 heteroatoms. The van der Waals surface area contributed by atoms with Crippen LogP contribution in [0.2, 0.25) is 0 Å².